The number of nitrogens with two attached hydrogens (primary N) is 1. The maximum absolute atomic E-state index is 13.4. The van der Waals surface area contributed by atoms with Crippen LogP contribution in [0.25, 0.3) is 22.2 Å². The predicted octanol–water partition coefficient (Wildman–Crippen LogP) is 4.15. The molecule has 26 heavy (non-hydrogen) atoms. The van der Waals surface area contributed by atoms with E-state index in [-0.39, 0.29) is 0 Å². The Morgan fingerprint density at radius 1 is 0.923 bits per heavy atom. The molecule has 2 aromatic carbocycles. The Labute approximate surface area is 148 Å². The quantitative estimate of drug-likeness (QED) is 0.581. The average Bonchev–Trinajstić information content (AvgIpc) is 3.09. The van der Waals surface area contributed by atoms with Crippen molar-refractivity contribution in [2.45, 2.75) is 12.5 Å². The molecule has 3 N–H and O–H groups in total. The monoisotopic (exact) mass is 350 g/mol. The molecule has 0 aliphatic heterocycles. The molecule has 0 fully saturated rings. The summed E-state index contributed by atoms with van der Waals surface area (Å²) in [4.78, 5) is 11.8. The van der Waals surface area contributed by atoms with Gasteiger partial charge in [0.25, 0.3) is 0 Å². The summed E-state index contributed by atoms with van der Waals surface area (Å²) in [6.45, 7) is 0. The highest BCUT2D eigenvalue weighted by atomic mass is 19.2. The zero-order valence-corrected chi connectivity index (χ0v) is 13.8. The lowest BCUT2D eigenvalue weighted by Crippen LogP contribution is -2.15. The van der Waals surface area contributed by atoms with Crippen molar-refractivity contribution in [3.63, 3.8) is 0 Å². The Balaban J connectivity index is 1.61. The molecule has 0 aliphatic carbocycles. The smallest absolute Gasteiger partial charge is 0.159 e. The molecule has 2 aromatic heterocycles. The van der Waals surface area contributed by atoms with Gasteiger partial charge in [-0.1, -0.05) is 12.1 Å². The lowest BCUT2D eigenvalue weighted by Gasteiger charge is -2.09. The number of pyridine rings is 1. The highest BCUT2D eigenvalue weighted by Gasteiger charge is 2.14. The minimum atomic E-state index is -0.874. The number of rotatable bonds is 4. The molecule has 4 aromatic rings. The Bertz CT molecular complexity index is 1060. The Hall–Kier alpha value is -3.12. The molecule has 0 bridgehead atoms. The van der Waals surface area contributed by atoms with E-state index < -0.39 is 17.7 Å². The molecule has 0 aliphatic rings. The first kappa shape index (κ1) is 16.4. The highest BCUT2D eigenvalue weighted by molar-refractivity contribution is 5.82. The number of benzene rings is 2. The molecular weight excluding hydrogens is 334 g/mol. The van der Waals surface area contributed by atoms with Crippen molar-refractivity contribution < 1.29 is 8.78 Å². The van der Waals surface area contributed by atoms with Crippen LogP contribution in [0.1, 0.15) is 17.4 Å². The van der Waals surface area contributed by atoms with Crippen LogP contribution in [0.4, 0.5) is 8.78 Å². The van der Waals surface area contributed by atoms with Gasteiger partial charge in [0.15, 0.2) is 11.6 Å². The number of nitrogens with zero attached hydrogens (tertiary/aromatic N) is 2. The lowest BCUT2D eigenvalue weighted by atomic mass is 10.1. The van der Waals surface area contributed by atoms with Crippen molar-refractivity contribution >= 4 is 11.0 Å². The summed E-state index contributed by atoms with van der Waals surface area (Å²) in [7, 11) is 0. The number of hydrogen-bond donors (Lipinski definition) is 2. The van der Waals surface area contributed by atoms with Gasteiger partial charge in [0, 0.05) is 12.4 Å². The number of halogens is 2. The van der Waals surface area contributed by atoms with Gasteiger partial charge >= 0.3 is 0 Å². The zero-order chi connectivity index (χ0) is 18.1. The first-order chi connectivity index (χ1) is 12.6. The minimum Gasteiger partial charge on any atom is -0.341 e. The maximum Gasteiger partial charge on any atom is 0.159 e. The van der Waals surface area contributed by atoms with Crippen molar-refractivity contribution in [2.75, 3.05) is 0 Å². The van der Waals surface area contributed by atoms with E-state index in [0.29, 0.717) is 17.8 Å². The fraction of sp³-hybridized carbons (Fsp3) is 0.100. The number of nitrogens with one attached hydrogen (secondary N) is 1. The summed E-state index contributed by atoms with van der Waals surface area (Å²) in [6.07, 6.45) is 3.84. The topological polar surface area (TPSA) is 67.6 Å². The largest absolute Gasteiger partial charge is 0.341 e. The zero-order valence-electron chi connectivity index (χ0n) is 13.8. The molecule has 1 unspecified atom stereocenters. The van der Waals surface area contributed by atoms with E-state index in [0.717, 1.165) is 28.2 Å². The molecule has 0 saturated heterocycles. The Kier molecular flexibility index (Phi) is 4.18. The van der Waals surface area contributed by atoms with Gasteiger partial charge < -0.3 is 10.7 Å². The average molecular weight is 350 g/mol. The molecule has 4 nitrogen and oxygen atoms in total. The lowest BCUT2D eigenvalue weighted by molar-refractivity contribution is 0.506. The van der Waals surface area contributed by atoms with Gasteiger partial charge in [0.1, 0.15) is 5.82 Å². The maximum atomic E-state index is 13.4. The molecule has 0 amide bonds. The van der Waals surface area contributed by atoms with Crippen LogP contribution in [0.15, 0.2) is 60.9 Å². The fourth-order valence-corrected chi connectivity index (χ4v) is 2.94. The predicted molar refractivity (Wildman–Crippen MR) is 96.3 cm³/mol. The van der Waals surface area contributed by atoms with Gasteiger partial charge in [-0.15, -0.1) is 0 Å². The third kappa shape index (κ3) is 3.19. The van der Waals surface area contributed by atoms with E-state index in [9.17, 15) is 8.78 Å². The van der Waals surface area contributed by atoms with Gasteiger partial charge in [-0.05, 0) is 59.5 Å². The Morgan fingerprint density at radius 2 is 1.73 bits per heavy atom. The van der Waals surface area contributed by atoms with Crippen LogP contribution in [0.5, 0.6) is 0 Å². The van der Waals surface area contributed by atoms with Crippen molar-refractivity contribution in [3.8, 4) is 11.1 Å². The van der Waals surface area contributed by atoms with Crippen LogP contribution in [0, 0.1) is 11.6 Å². The van der Waals surface area contributed by atoms with E-state index in [4.69, 9.17) is 5.73 Å². The van der Waals surface area contributed by atoms with Crippen LogP contribution in [-0.2, 0) is 6.42 Å². The van der Waals surface area contributed by atoms with Gasteiger partial charge in [-0.2, -0.15) is 0 Å². The summed E-state index contributed by atoms with van der Waals surface area (Å²) >= 11 is 0. The van der Waals surface area contributed by atoms with Gasteiger partial charge in [-0.25, -0.2) is 13.8 Å². The van der Waals surface area contributed by atoms with Crippen LogP contribution in [0.2, 0.25) is 0 Å². The standard InChI is InChI=1S/C20H16F2N4/c21-15-3-1-12(9-16(15)22)10-17(23)20-25-18-4-2-14(11-19(18)26-20)13-5-7-24-8-6-13/h1-9,11,17H,10,23H2,(H,25,26). The van der Waals surface area contributed by atoms with Crippen LogP contribution in [0.3, 0.4) is 0 Å². The molecular formula is C20H16F2N4. The SMILES string of the molecule is NC(Cc1ccc(F)c(F)c1)c1nc2cc(-c3ccncc3)ccc2[nH]1. The summed E-state index contributed by atoms with van der Waals surface area (Å²) in [5.41, 5.74) is 10.6. The fourth-order valence-electron chi connectivity index (χ4n) is 2.94. The molecule has 0 radical (unpaired) electrons. The van der Waals surface area contributed by atoms with Crippen LogP contribution >= 0.6 is 0 Å². The molecule has 6 heteroatoms. The van der Waals surface area contributed by atoms with Gasteiger partial charge in [0.05, 0.1) is 17.1 Å². The highest BCUT2D eigenvalue weighted by Crippen LogP contribution is 2.24. The number of aromatic nitrogens is 3. The second-order valence-electron chi connectivity index (χ2n) is 6.15. The summed E-state index contributed by atoms with van der Waals surface area (Å²) < 4.78 is 26.4. The normalized spacial score (nSPS) is 12.4. The molecule has 4 rings (SSSR count). The van der Waals surface area contributed by atoms with E-state index in [2.05, 4.69) is 15.0 Å². The molecule has 2 heterocycles. The molecule has 0 saturated carbocycles. The van der Waals surface area contributed by atoms with E-state index in [1.807, 2.05) is 30.3 Å². The van der Waals surface area contributed by atoms with Crippen molar-refractivity contribution in [1.82, 2.24) is 15.0 Å². The van der Waals surface area contributed by atoms with Gasteiger partial charge in [-0.3, -0.25) is 4.98 Å². The number of aromatic amines is 1. The van der Waals surface area contributed by atoms with Crippen molar-refractivity contribution in [1.29, 1.82) is 0 Å². The van der Waals surface area contributed by atoms with E-state index >= 15 is 0 Å². The third-order valence-electron chi connectivity index (χ3n) is 4.31. The van der Waals surface area contributed by atoms with Crippen molar-refractivity contribution in [3.05, 3.63) is 83.9 Å². The Morgan fingerprint density at radius 3 is 2.50 bits per heavy atom. The second-order valence-corrected chi connectivity index (χ2v) is 6.15. The molecule has 130 valence electrons. The second kappa shape index (κ2) is 6.65. The van der Waals surface area contributed by atoms with Crippen LogP contribution in [-0.4, -0.2) is 15.0 Å². The van der Waals surface area contributed by atoms with Crippen molar-refractivity contribution in [2.24, 2.45) is 5.73 Å². The van der Waals surface area contributed by atoms with E-state index in [1.54, 1.807) is 12.4 Å². The number of H-pyrrole nitrogens is 1. The minimum absolute atomic E-state index is 0.355. The summed E-state index contributed by atoms with van der Waals surface area (Å²) in [5.74, 6) is -1.13. The third-order valence-corrected chi connectivity index (χ3v) is 4.31. The summed E-state index contributed by atoms with van der Waals surface area (Å²) in [6, 6.07) is 13.2. The number of fused-ring (bicyclic) bond motifs is 1. The first-order valence-corrected chi connectivity index (χ1v) is 8.20. The molecule has 1 atom stereocenters. The van der Waals surface area contributed by atoms with Crippen LogP contribution < -0.4 is 5.73 Å². The molecule has 0 spiro atoms. The van der Waals surface area contributed by atoms with Gasteiger partial charge in [0.2, 0.25) is 0 Å². The number of hydrogen-bond acceptors (Lipinski definition) is 3. The number of imidazole rings is 1. The van der Waals surface area contributed by atoms with E-state index in [1.165, 1.54) is 12.1 Å². The first-order valence-electron chi connectivity index (χ1n) is 8.20. The summed E-state index contributed by atoms with van der Waals surface area (Å²) in [5, 5.41) is 0.